The molecule has 0 bridgehead atoms. The fraction of sp³-hybridized carbons (Fsp3) is 0.682. The first kappa shape index (κ1) is 20.2. The van der Waals surface area contributed by atoms with Crippen molar-refractivity contribution in [2.45, 2.75) is 58.2 Å². The fourth-order valence-corrected chi connectivity index (χ4v) is 4.38. The summed E-state index contributed by atoms with van der Waals surface area (Å²) >= 11 is 0. The van der Waals surface area contributed by atoms with Crippen molar-refractivity contribution in [1.29, 1.82) is 0 Å². The number of carbonyl (C=O) groups excluding carboxylic acids is 1. The molecule has 0 saturated carbocycles. The molecular weight excluding hydrogens is 338 g/mol. The van der Waals surface area contributed by atoms with Crippen LogP contribution in [0, 0.1) is 5.92 Å². The average Bonchev–Trinajstić information content (AvgIpc) is 2.64. The van der Waals surface area contributed by atoms with Crippen molar-refractivity contribution < 1.29 is 9.53 Å². The Kier molecular flexibility index (Phi) is 6.43. The second-order valence-corrected chi connectivity index (χ2v) is 8.95. The standard InChI is InChI=1S/C22H35N3O2/c1-17-16-23-12-15-25(17)20(18-8-6-5-7-9-18)19-10-13-24(14-11-19)21(26)27-22(2,3)4/h5-9,17,19-20,23H,10-16H2,1-4H3. The summed E-state index contributed by atoms with van der Waals surface area (Å²) in [5, 5.41) is 3.51. The van der Waals surface area contributed by atoms with Crippen LogP contribution >= 0.6 is 0 Å². The summed E-state index contributed by atoms with van der Waals surface area (Å²) in [6.45, 7) is 12.8. The van der Waals surface area contributed by atoms with Gasteiger partial charge in [-0.2, -0.15) is 0 Å². The molecule has 5 heteroatoms. The van der Waals surface area contributed by atoms with Crippen LogP contribution < -0.4 is 5.32 Å². The van der Waals surface area contributed by atoms with Crippen LogP contribution in [0.25, 0.3) is 0 Å². The van der Waals surface area contributed by atoms with E-state index in [1.165, 1.54) is 5.56 Å². The number of piperazine rings is 1. The Morgan fingerprint density at radius 2 is 1.81 bits per heavy atom. The Morgan fingerprint density at radius 3 is 2.41 bits per heavy atom. The van der Waals surface area contributed by atoms with Gasteiger partial charge in [-0.15, -0.1) is 0 Å². The highest BCUT2D eigenvalue weighted by molar-refractivity contribution is 5.68. The number of rotatable bonds is 3. The maximum Gasteiger partial charge on any atom is 0.410 e. The lowest BCUT2D eigenvalue weighted by atomic mass is 9.83. The third-order valence-electron chi connectivity index (χ3n) is 5.69. The number of hydrogen-bond acceptors (Lipinski definition) is 4. The zero-order valence-electron chi connectivity index (χ0n) is 17.3. The molecule has 150 valence electrons. The average molecular weight is 374 g/mol. The molecule has 2 saturated heterocycles. The smallest absolute Gasteiger partial charge is 0.410 e. The number of ether oxygens (including phenoxy) is 1. The minimum absolute atomic E-state index is 0.173. The number of nitrogens with one attached hydrogen (secondary N) is 1. The molecule has 0 radical (unpaired) electrons. The Morgan fingerprint density at radius 1 is 1.15 bits per heavy atom. The van der Waals surface area contributed by atoms with E-state index < -0.39 is 5.60 Å². The molecule has 2 unspecified atom stereocenters. The zero-order valence-corrected chi connectivity index (χ0v) is 17.3. The van der Waals surface area contributed by atoms with E-state index in [0.717, 1.165) is 45.6 Å². The van der Waals surface area contributed by atoms with E-state index in [9.17, 15) is 4.79 Å². The van der Waals surface area contributed by atoms with Crippen molar-refractivity contribution in [2.75, 3.05) is 32.7 Å². The van der Waals surface area contributed by atoms with Gasteiger partial charge in [-0.1, -0.05) is 30.3 Å². The van der Waals surface area contributed by atoms with Crippen LogP contribution in [0.5, 0.6) is 0 Å². The van der Waals surface area contributed by atoms with Gasteiger partial charge >= 0.3 is 6.09 Å². The second-order valence-electron chi connectivity index (χ2n) is 8.95. The first-order valence-corrected chi connectivity index (χ1v) is 10.3. The molecule has 2 fully saturated rings. The van der Waals surface area contributed by atoms with Crippen LogP contribution in [0.1, 0.15) is 52.1 Å². The van der Waals surface area contributed by atoms with Crippen LogP contribution in [-0.4, -0.2) is 60.3 Å². The fourth-order valence-electron chi connectivity index (χ4n) is 4.38. The molecule has 2 aliphatic rings. The summed E-state index contributed by atoms with van der Waals surface area (Å²) in [7, 11) is 0. The molecule has 3 rings (SSSR count). The number of benzene rings is 1. The third-order valence-corrected chi connectivity index (χ3v) is 5.69. The van der Waals surface area contributed by atoms with Gasteiger partial charge in [0.1, 0.15) is 5.60 Å². The molecule has 2 heterocycles. The topological polar surface area (TPSA) is 44.8 Å². The van der Waals surface area contributed by atoms with E-state index in [-0.39, 0.29) is 6.09 Å². The summed E-state index contributed by atoms with van der Waals surface area (Å²) in [5.41, 5.74) is 0.971. The summed E-state index contributed by atoms with van der Waals surface area (Å²) in [5.74, 6) is 0.562. The lowest BCUT2D eigenvalue weighted by Crippen LogP contribution is -2.53. The lowest BCUT2D eigenvalue weighted by Gasteiger charge is -2.46. The maximum absolute atomic E-state index is 12.4. The first-order valence-electron chi connectivity index (χ1n) is 10.3. The van der Waals surface area contributed by atoms with Crippen LogP contribution in [0.3, 0.4) is 0 Å². The van der Waals surface area contributed by atoms with E-state index in [1.54, 1.807) is 0 Å². The number of nitrogens with zero attached hydrogens (tertiary/aromatic N) is 2. The van der Waals surface area contributed by atoms with E-state index in [1.807, 2.05) is 25.7 Å². The number of hydrogen-bond donors (Lipinski definition) is 1. The van der Waals surface area contributed by atoms with Gasteiger partial charge in [-0.25, -0.2) is 4.79 Å². The number of likely N-dealkylation sites (tertiary alicyclic amines) is 1. The van der Waals surface area contributed by atoms with E-state index in [4.69, 9.17) is 4.74 Å². The molecule has 1 N–H and O–H groups in total. The normalized spacial score (nSPS) is 23.9. The second kappa shape index (κ2) is 8.61. The molecule has 0 spiro atoms. The number of piperidine rings is 1. The van der Waals surface area contributed by atoms with Crippen molar-refractivity contribution in [3.8, 4) is 0 Å². The van der Waals surface area contributed by atoms with Crippen molar-refractivity contribution in [3.05, 3.63) is 35.9 Å². The van der Waals surface area contributed by atoms with Crippen molar-refractivity contribution in [3.63, 3.8) is 0 Å². The van der Waals surface area contributed by atoms with E-state index >= 15 is 0 Å². The predicted molar refractivity (Wildman–Crippen MR) is 109 cm³/mol. The van der Waals surface area contributed by atoms with Crippen LogP contribution in [-0.2, 0) is 4.74 Å². The molecule has 27 heavy (non-hydrogen) atoms. The highest BCUT2D eigenvalue weighted by Crippen LogP contribution is 2.37. The molecule has 0 aliphatic carbocycles. The highest BCUT2D eigenvalue weighted by Gasteiger charge is 2.36. The zero-order chi connectivity index (χ0) is 19.4. The Balaban J connectivity index is 1.70. The maximum atomic E-state index is 12.4. The largest absolute Gasteiger partial charge is 0.444 e. The Hall–Kier alpha value is -1.59. The Labute approximate surface area is 164 Å². The van der Waals surface area contributed by atoms with Gasteiger partial charge in [0.2, 0.25) is 0 Å². The molecule has 5 nitrogen and oxygen atoms in total. The molecular formula is C22H35N3O2. The van der Waals surface area contributed by atoms with Crippen LogP contribution in [0.4, 0.5) is 4.79 Å². The SMILES string of the molecule is CC1CNCCN1C(c1ccccc1)C1CCN(C(=O)OC(C)(C)C)CC1. The first-order chi connectivity index (χ1) is 12.8. The van der Waals surface area contributed by atoms with Gasteiger partial charge in [0.05, 0.1) is 0 Å². The van der Waals surface area contributed by atoms with Crippen molar-refractivity contribution in [1.82, 2.24) is 15.1 Å². The molecule has 1 aromatic rings. The van der Waals surface area contributed by atoms with Crippen molar-refractivity contribution >= 4 is 6.09 Å². The summed E-state index contributed by atoms with van der Waals surface area (Å²) in [6.07, 6.45) is 1.87. The minimum Gasteiger partial charge on any atom is -0.444 e. The van der Waals surface area contributed by atoms with E-state index in [2.05, 4.69) is 47.5 Å². The lowest BCUT2D eigenvalue weighted by molar-refractivity contribution is 0.00782. The van der Waals surface area contributed by atoms with Gasteiger partial charge in [-0.05, 0) is 52.0 Å². The number of amides is 1. The van der Waals surface area contributed by atoms with Gasteiger partial charge < -0.3 is 15.0 Å². The van der Waals surface area contributed by atoms with E-state index in [0.29, 0.717) is 18.0 Å². The third kappa shape index (κ3) is 5.23. The minimum atomic E-state index is -0.434. The molecule has 0 aromatic heterocycles. The van der Waals surface area contributed by atoms with Gasteiger partial charge in [0.15, 0.2) is 0 Å². The highest BCUT2D eigenvalue weighted by atomic mass is 16.6. The number of carbonyl (C=O) groups is 1. The Bertz CT molecular complexity index is 606. The van der Waals surface area contributed by atoms with Crippen LogP contribution in [0.15, 0.2) is 30.3 Å². The van der Waals surface area contributed by atoms with Crippen LogP contribution in [0.2, 0.25) is 0 Å². The molecule has 2 aliphatic heterocycles. The van der Waals surface area contributed by atoms with Gasteiger partial charge in [0, 0.05) is 44.8 Å². The summed E-state index contributed by atoms with van der Waals surface area (Å²) < 4.78 is 5.56. The monoisotopic (exact) mass is 373 g/mol. The summed E-state index contributed by atoms with van der Waals surface area (Å²) in [6, 6.07) is 11.8. The summed E-state index contributed by atoms with van der Waals surface area (Å²) in [4.78, 5) is 16.9. The van der Waals surface area contributed by atoms with Gasteiger partial charge in [0.25, 0.3) is 0 Å². The van der Waals surface area contributed by atoms with Crippen molar-refractivity contribution in [2.24, 2.45) is 5.92 Å². The predicted octanol–water partition coefficient (Wildman–Crippen LogP) is 3.67. The molecule has 2 atom stereocenters. The molecule has 1 aromatic carbocycles. The van der Waals surface area contributed by atoms with Gasteiger partial charge in [-0.3, -0.25) is 4.90 Å². The quantitative estimate of drug-likeness (QED) is 0.878. The molecule has 1 amide bonds.